The SMILES string of the molecule is CC(C)COc1ccccc1CC(NC(=O)OC(C)(C)C)C(=O)O. The molecule has 1 rings (SSSR count). The Morgan fingerprint density at radius 2 is 1.83 bits per heavy atom. The number of benzene rings is 1. The Kier molecular flexibility index (Phi) is 7.07. The topological polar surface area (TPSA) is 84.9 Å². The Bertz CT molecular complexity index is 563. The van der Waals surface area contributed by atoms with Crippen LogP contribution in [0.5, 0.6) is 5.75 Å². The van der Waals surface area contributed by atoms with Gasteiger partial charge in [-0.2, -0.15) is 0 Å². The van der Waals surface area contributed by atoms with Gasteiger partial charge in [-0.15, -0.1) is 0 Å². The third kappa shape index (κ3) is 7.35. The molecule has 6 heteroatoms. The van der Waals surface area contributed by atoms with Crippen molar-refractivity contribution in [3.05, 3.63) is 29.8 Å². The van der Waals surface area contributed by atoms with E-state index < -0.39 is 23.7 Å². The van der Waals surface area contributed by atoms with Crippen LogP contribution in [-0.4, -0.2) is 35.4 Å². The number of ether oxygens (including phenoxy) is 2. The third-order valence-corrected chi connectivity index (χ3v) is 2.96. The van der Waals surface area contributed by atoms with Gasteiger partial charge in [0.1, 0.15) is 17.4 Å². The number of hydrogen-bond acceptors (Lipinski definition) is 4. The lowest BCUT2D eigenvalue weighted by atomic mass is 10.0. The number of carboxylic acid groups (broad SMARTS) is 1. The molecule has 0 radical (unpaired) electrons. The predicted molar refractivity (Wildman–Crippen MR) is 91.3 cm³/mol. The van der Waals surface area contributed by atoms with Gasteiger partial charge in [0.15, 0.2) is 0 Å². The highest BCUT2D eigenvalue weighted by atomic mass is 16.6. The van der Waals surface area contributed by atoms with E-state index in [2.05, 4.69) is 5.32 Å². The molecule has 1 aromatic carbocycles. The number of nitrogens with one attached hydrogen (secondary N) is 1. The molecule has 24 heavy (non-hydrogen) atoms. The van der Waals surface area contributed by atoms with Gasteiger partial charge < -0.3 is 19.9 Å². The smallest absolute Gasteiger partial charge is 0.408 e. The van der Waals surface area contributed by atoms with E-state index in [1.165, 1.54) is 0 Å². The Morgan fingerprint density at radius 3 is 2.38 bits per heavy atom. The summed E-state index contributed by atoms with van der Waals surface area (Å²) < 4.78 is 10.8. The lowest BCUT2D eigenvalue weighted by Gasteiger charge is -2.22. The van der Waals surface area contributed by atoms with E-state index in [1.54, 1.807) is 32.9 Å². The van der Waals surface area contributed by atoms with Crippen molar-refractivity contribution in [2.24, 2.45) is 5.92 Å². The molecule has 0 bridgehead atoms. The Labute approximate surface area is 143 Å². The van der Waals surface area contributed by atoms with Crippen LogP contribution in [0.1, 0.15) is 40.2 Å². The number of carbonyl (C=O) groups is 2. The van der Waals surface area contributed by atoms with E-state index in [9.17, 15) is 14.7 Å². The monoisotopic (exact) mass is 337 g/mol. The minimum atomic E-state index is -1.13. The van der Waals surface area contributed by atoms with Crippen molar-refractivity contribution in [2.75, 3.05) is 6.61 Å². The summed E-state index contributed by atoms with van der Waals surface area (Å²) in [6.07, 6.45) is -0.640. The van der Waals surface area contributed by atoms with Crippen LogP contribution in [0.3, 0.4) is 0 Å². The highest BCUT2D eigenvalue weighted by molar-refractivity contribution is 5.80. The summed E-state index contributed by atoms with van der Waals surface area (Å²) in [6, 6.07) is 6.13. The fourth-order valence-electron chi connectivity index (χ4n) is 1.94. The Hall–Kier alpha value is -2.24. The summed E-state index contributed by atoms with van der Waals surface area (Å²) in [4.78, 5) is 23.3. The number of hydrogen-bond donors (Lipinski definition) is 2. The second-order valence-electron chi connectivity index (χ2n) is 7.05. The summed E-state index contributed by atoms with van der Waals surface area (Å²) >= 11 is 0. The predicted octanol–water partition coefficient (Wildman–Crippen LogP) is 3.24. The number of alkyl carbamates (subject to hydrolysis) is 1. The van der Waals surface area contributed by atoms with E-state index >= 15 is 0 Å². The average Bonchev–Trinajstić information content (AvgIpc) is 2.43. The first-order valence-corrected chi connectivity index (χ1v) is 8.01. The van der Waals surface area contributed by atoms with E-state index in [0.717, 1.165) is 5.56 Å². The molecule has 0 spiro atoms. The van der Waals surface area contributed by atoms with Gasteiger partial charge in [-0.25, -0.2) is 9.59 Å². The summed E-state index contributed by atoms with van der Waals surface area (Å²) in [7, 11) is 0. The van der Waals surface area contributed by atoms with Crippen molar-refractivity contribution in [2.45, 2.75) is 52.7 Å². The number of carbonyl (C=O) groups excluding carboxylic acids is 1. The maximum Gasteiger partial charge on any atom is 0.408 e. The second-order valence-corrected chi connectivity index (χ2v) is 7.05. The molecule has 1 aromatic rings. The molecule has 0 fully saturated rings. The minimum Gasteiger partial charge on any atom is -0.493 e. The van der Waals surface area contributed by atoms with Gasteiger partial charge in [0.05, 0.1) is 6.61 Å². The molecule has 0 heterocycles. The first-order valence-electron chi connectivity index (χ1n) is 8.01. The highest BCUT2D eigenvalue weighted by Gasteiger charge is 2.25. The maximum absolute atomic E-state index is 11.8. The quantitative estimate of drug-likeness (QED) is 0.798. The zero-order valence-corrected chi connectivity index (χ0v) is 15.0. The number of carboxylic acids is 1. The van der Waals surface area contributed by atoms with E-state index in [1.807, 2.05) is 26.0 Å². The molecule has 0 aliphatic rings. The molecule has 134 valence electrons. The summed E-state index contributed by atoms with van der Waals surface area (Å²) in [5, 5.41) is 11.8. The molecule has 0 aromatic heterocycles. The van der Waals surface area contributed by atoms with Crippen LogP contribution < -0.4 is 10.1 Å². The van der Waals surface area contributed by atoms with Gasteiger partial charge >= 0.3 is 12.1 Å². The van der Waals surface area contributed by atoms with Crippen LogP contribution in [0.2, 0.25) is 0 Å². The molecule has 6 nitrogen and oxygen atoms in total. The fourth-order valence-corrected chi connectivity index (χ4v) is 1.94. The minimum absolute atomic E-state index is 0.114. The summed E-state index contributed by atoms with van der Waals surface area (Å²) in [5.41, 5.74) is 0.0346. The molecule has 0 aliphatic heterocycles. The molecule has 2 N–H and O–H groups in total. The molecule has 0 aliphatic carbocycles. The second kappa shape index (κ2) is 8.57. The van der Waals surface area contributed by atoms with Crippen LogP contribution in [0, 0.1) is 5.92 Å². The number of rotatable bonds is 7. The summed E-state index contributed by atoms with van der Waals surface area (Å²) in [6.45, 7) is 9.76. The van der Waals surface area contributed by atoms with Crippen molar-refractivity contribution in [1.29, 1.82) is 0 Å². The van der Waals surface area contributed by atoms with Gasteiger partial charge in [-0.05, 0) is 38.3 Å². The van der Waals surface area contributed by atoms with Crippen molar-refractivity contribution in [3.8, 4) is 5.75 Å². The lowest BCUT2D eigenvalue weighted by Crippen LogP contribution is -2.44. The standard InChI is InChI=1S/C18H27NO5/c1-12(2)11-23-15-9-7-6-8-13(15)10-14(16(20)21)19-17(22)24-18(3,4)5/h6-9,12,14H,10-11H2,1-5H3,(H,19,22)(H,20,21). The van der Waals surface area contributed by atoms with Crippen LogP contribution in [0.15, 0.2) is 24.3 Å². The average molecular weight is 337 g/mol. The van der Waals surface area contributed by atoms with Gasteiger partial charge in [0.25, 0.3) is 0 Å². The zero-order valence-electron chi connectivity index (χ0n) is 15.0. The van der Waals surface area contributed by atoms with Crippen LogP contribution >= 0.6 is 0 Å². The molecule has 1 atom stereocenters. The van der Waals surface area contributed by atoms with Gasteiger partial charge in [-0.1, -0.05) is 32.0 Å². The van der Waals surface area contributed by atoms with Crippen molar-refractivity contribution < 1.29 is 24.2 Å². The van der Waals surface area contributed by atoms with Crippen molar-refractivity contribution in [1.82, 2.24) is 5.32 Å². The highest BCUT2D eigenvalue weighted by Crippen LogP contribution is 2.20. The van der Waals surface area contributed by atoms with Crippen molar-refractivity contribution in [3.63, 3.8) is 0 Å². The van der Waals surface area contributed by atoms with Crippen LogP contribution in [0.4, 0.5) is 4.79 Å². The Balaban J connectivity index is 2.82. The van der Waals surface area contributed by atoms with Gasteiger partial charge in [0.2, 0.25) is 0 Å². The molecule has 0 saturated carbocycles. The van der Waals surface area contributed by atoms with E-state index in [4.69, 9.17) is 9.47 Å². The number of aliphatic carboxylic acids is 1. The first-order chi connectivity index (χ1) is 11.1. The van der Waals surface area contributed by atoms with Gasteiger partial charge in [-0.3, -0.25) is 0 Å². The molecular formula is C18H27NO5. The first kappa shape index (κ1) is 19.8. The third-order valence-electron chi connectivity index (χ3n) is 2.96. The fraction of sp³-hybridized carbons (Fsp3) is 0.556. The summed E-state index contributed by atoms with van der Waals surface area (Å²) in [5.74, 6) is -0.142. The van der Waals surface area contributed by atoms with Crippen molar-refractivity contribution >= 4 is 12.1 Å². The van der Waals surface area contributed by atoms with E-state index in [0.29, 0.717) is 18.3 Å². The van der Waals surface area contributed by atoms with Crippen LogP contribution in [0.25, 0.3) is 0 Å². The number of para-hydroxylation sites is 1. The van der Waals surface area contributed by atoms with Gasteiger partial charge in [0, 0.05) is 6.42 Å². The molecule has 1 amide bonds. The lowest BCUT2D eigenvalue weighted by molar-refractivity contribution is -0.139. The van der Waals surface area contributed by atoms with E-state index in [-0.39, 0.29) is 6.42 Å². The maximum atomic E-state index is 11.8. The molecule has 1 unspecified atom stereocenters. The number of amides is 1. The molecular weight excluding hydrogens is 310 g/mol. The normalized spacial score (nSPS) is 12.6. The Morgan fingerprint density at radius 1 is 1.21 bits per heavy atom. The van der Waals surface area contributed by atoms with Crippen LogP contribution in [-0.2, 0) is 16.0 Å². The largest absolute Gasteiger partial charge is 0.493 e. The molecule has 0 saturated heterocycles. The zero-order chi connectivity index (χ0) is 18.3.